The molecule has 3 N–H and O–H groups in total. The third-order valence-electron chi connectivity index (χ3n) is 2.38. The number of rotatable bonds is 7. The van der Waals surface area contributed by atoms with Gasteiger partial charge >= 0.3 is 0 Å². The van der Waals surface area contributed by atoms with Crippen LogP contribution < -0.4 is 11.3 Å². The van der Waals surface area contributed by atoms with Gasteiger partial charge in [-0.05, 0) is 18.8 Å². The van der Waals surface area contributed by atoms with Crippen molar-refractivity contribution in [2.45, 2.75) is 45.3 Å². The Morgan fingerprint density at radius 1 is 1.50 bits per heavy atom. The van der Waals surface area contributed by atoms with Crippen LogP contribution in [0.25, 0.3) is 0 Å². The average Bonchev–Trinajstić information content (AvgIpc) is 2.16. The van der Waals surface area contributed by atoms with E-state index in [1.54, 1.807) is 7.11 Å². The maximum Gasteiger partial charge on any atom is 0.0760 e. The van der Waals surface area contributed by atoms with Crippen LogP contribution >= 0.6 is 0 Å². The molecule has 82 valence electrons. The third-order valence-corrected chi connectivity index (χ3v) is 2.38. The Bertz CT molecular complexity index is 175. The molecule has 0 rings (SSSR count). The lowest BCUT2D eigenvalue weighted by Crippen LogP contribution is -2.47. The molecule has 0 bridgehead atoms. The van der Waals surface area contributed by atoms with Gasteiger partial charge in [0.1, 0.15) is 0 Å². The Morgan fingerprint density at radius 3 is 2.50 bits per heavy atom. The fourth-order valence-corrected chi connectivity index (χ4v) is 1.67. The summed E-state index contributed by atoms with van der Waals surface area (Å²) in [7, 11) is 1.72. The van der Waals surface area contributed by atoms with E-state index in [0.29, 0.717) is 5.92 Å². The molecule has 0 aliphatic rings. The predicted molar refractivity (Wildman–Crippen MR) is 59.4 cm³/mol. The summed E-state index contributed by atoms with van der Waals surface area (Å²) >= 11 is 0. The molecule has 14 heavy (non-hydrogen) atoms. The number of hydrogen-bond acceptors (Lipinski definition) is 3. The van der Waals surface area contributed by atoms with Crippen molar-refractivity contribution in [3.05, 3.63) is 0 Å². The van der Waals surface area contributed by atoms with Crippen molar-refractivity contribution in [1.29, 1.82) is 0 Å². The molecule has 0 saturated heterocycles. The Hall–Kier alpha value is -0.560. The highest BCUT2D eigenvalue weighted by Gasteiger charge is 2.22. The molecule has 0 aromatic carbocycles. The van der Waals surface area contributed by atoms with Crippen molar-refractivity contribution < 1.29 is 4.74 Å². The zero-order valence-corrected chi connectivity index (χ0v) is 9.42. The standard InChI is InChI=1S/C11H22N2O/c1-5-6-7-8-10(13-12)11(14-4)9(2)3/h1,9-11,13H,6-8,12H2,2-4H3. The van der Waals surface area contributed by atoms with Gasteiger partial charge in [-0.1, -0.05) is 13.8 Å². The molecule has 0 saturated carbocycles. The van der Waals surface area contributed by atoms with Gasteiger partial charge in [0.2, 0.25) is 0 Å². The molecular weight excluding hydrogens is 176 g/mol. The van der Waals surface area contributed by atoms with Crippen LogP contribution in [0.15, 0.2) is 0 Å². The molecule has 0 radical (unpaired) electrons. The van der Waals surface area contributed by atoms with Crippen LogP contribution in [0.2, 0.25) is 0 Å². The van der Waals surface area contributed by atoms with Gasteiger partial charge in [-0.15, -0.1) is 12.3 Å². The number of hydrazine groups is 1. The largest absolute Gasteiger partial charge is 0.380 e. The van der Waals surface area contributed by atoms with E-state index in [0.717, 1.165) is 19.3 Å². The summed E-state index contributed by atoms with van der Waals surface area (Å²) in [5.74, 6) is 8.56. The molecular formula is C11H22N2O. The molecule has 2 atom stereocenters. The first-order valence-electron chi connectivity index (χ1n) is 5.09. The monoisotopic (exact) mass is 198 g/mol. The fourth-order valence-electron chi connectivity index (χ4n) is 1.67. The third kappa shape index (κ3) is 4.61. The molecule has 0 aliphatic heterocycles. The van der Waals surface area contributed by atoms with Gasteiger partial charge in [-0.25, -0.2) is 0 Å². The van der Waals surface area contributed by atoms with Crippen LogP contribution in [-0.2, 0) is 4.74 Å². The van der Waals surface area contributed by atoms with Gasteiger partial charge in [-0.2, -0.15) is 0 Å². The summed E-state index contributed by atoms with van der Waals surface area (Å²) in [5, 5.41) is 0. The summed E-state index contributed by atoms with van der Waals surface area (Å²) in [6, 6.07) is 0.188. The number of terminal acetylenes is 1. The highest BCUT2D eigenvalue weighted by atomic mass is 16.5. The SMILES string of the molecule is C#CCCCC(NN)C(OC)C(C)C. The zero-order chi connectivity index (χ0) is 11.0. The summed E-state index contributed by atoms with van der Waals surface area (Å²) in [6.07, 6.45) is 8.08. The zero-order valence-electron chi connectivity index (χ0n) is 9.42. The maximum absolute atomic E-state index is 5.49. The topological polar surface area (TPSA) is 47.3 Å². The highest BCUT2D eigenvalue weighted by molar-refractivity contribution is 4.85. The van der Waals surface area contributed by atoms with E-state index < -0.39 is 0 Å². The van der Waals surface area contributed by atoms with Gasteiger partial charge in [0.15, 0.2) is 0 Å². The van der Waals surface area contributed by atoms with E-state index in [1.165, 1.54) is 0 Å². The molecule has 0 heterocycles. The first-order chi connectivity index (χ1) is 6.67. The first-order valence-corrected chi connectivity index (χ1v) is 5.09. The molecule has 3 heteroatoms. The molecule has 0 aliphatic carbocycles. The van der Waals surface area contributed by atoms with Crippen LogP contribution in [0.4, 0.5) is 0 Å². The summed E-state index contributed by atoms with van der Waals surface area (Å²) in [4.78, 5) is 0. The van der Waals surface area contributed by atoms with Crippen LogP contribution in [0.1, 0.15) is 33.1 Å². The van der Waals surface area contributed by atoms with Crippen molar-refractivity contribution in [2.24, 2.45) is 11.8 Å². The molecule has 2 unspecified atom stereocenters. The minimum absolute atomic E-state index is 0.151. The number of unbranched alkanes of at least 4 members (excludes halogenated alkanes) is 1. The van der Waals surface area contributed by atoms with E-state index in [2.05, 4.69) is 25.2 Å². The lowest BCUT2D eigenvalue weighted by Gasteiger charge is -2.28. The van der Waals surface area contributed by atoms with Crippen molar-refractivity contribution >= 4 is 0 Å². The van der Waals surface area contributed by atoms with Crippen LogP contribution in [-0.4, -0.2) is 19.3 Å². The Morgan fingerprint density at radius 2 is 2.14 bits per heavy atom. The van der Waals surface area contributed by atoms with E-state index in [4.69, 9.17) is 17.0 Å². The van der Waals surface area contributed by atoms with Crippen LogP contribution in [0.3, 0.4) is 0 Å². The van der Waals surface area contributed by atoms with Gasteiger partial charge in [-0.3, -0.25) is 11.3 Å². The molecule has 0 spiro atoms. The van der Waals surface area contributed by atoms with Gasteiger partial charge in [0.25, 0.3) is 0 Å². The predicted octanol–water partition coefficient (Wildman–Crippen LogP) is 1.29. The van der Waals surface area contributed by atoms with Crippen molar-refractivity contribution in [3.63, 3.8) is 0 Å². The second-order valence-corrected chi connectivity index (χ2v) is 3.81. The normalized spacial score (nSPS) is 15.1. The summed E-state index contributed by atoms with van der Waals surface area (Å²) < 4.78 is 5.40. The Balaban J connectivity index is 4.02. The molecule has 0 aromatic heterocycles. The lowest BCUT2D eigenvalue weighted by molar-refractivity contribution is 0.0302. The van der Waals surface area contributed by atoms with Crippen LogP contribution in [0.5, 0.6) is 0 Å². The summed E-state index contributed by atoms with van der Waals surface area (Å²) in [5.41, 5.74) is 2.80. The molecule has 0 fully saturated rings. The Labute approximate surface area is 87.4 Å². The fraction of sp³-hybridized carbons (Fsp3) is 0.818. The Kier molecular flexibility index (Phi) is 7.50. The molecule has 0 amide bonds. The second-order valence-electron chi connectivity index (χ2n) is 3.81. The van der Waals surface area contributed by atoms with E-state index in [9.17, 15) is 0 Å². The minimum atomic E-state index is 0.151. The van der Waals surface area contributed by atoms with Gasteiger partial charge < -0.3 is 4.74 Å². The van der Waals surface area contributed by atoms with Gasteiger partial charge in [0, 0.05) is 19.6 Å². The van der Waals surface area contributed by atoms with E-state index in [1.807, 2.05) is 0 Å². The highest BCUT2D eigenvalue weighted by Crippen LogP contribution is 2.14. The number of nitrogens with one attached hydrogen (secondary N) is 1. The number of ether oxygens (including phenoxy) is 1. The smallest absolute Gasteiger partial charge is 0.0760 e. The van der Waals surface area contributed by atoms with Crippen LogP contribution in [0, 0.1) is 18.3 Å². The van der Waals surface area contributed by atoms with Crippen molar-refractivity contribution in [3.8, 4) is 12.3 Å². The number of methoxy groups -OCH3 is 1. The number of hydrogen-bond donors (Lipinski definition) is 2. The molecule has 3 nitrogen and oxygen atoms in total. The minimum Gasteiger partial charge on any atom is -0.380 e. The first kappa shape index (κ1) is 13.4. The molecule has 0 aromatic rings. The van der Waals surface area contributed by atoms with E-state index >= 15 is 0 Å². The maximum atomic E-state index is 5.49. The second kappa shape index (κ2) is 7.81. The van der Waals surface area contributed by atoms with E-state index in [-0.39, 0.29) is 12.1 Å². The summed E-state index contributed by atoms with van der Waals surface area (Å²) in [6.45, 7) is 4.25. The quantitative estimate of drug-likeness (QED) is 0.280. The van der Waals surface area contributed by atoms with Crippen molar-refractivity contribution in [1.82, 2.24) is 5.43 Å². The average molecular weight is 198 g/mol. The van der Waals surface area contributed by atoms with Crippen molar-refractivity contribution in [2.75, 3.05) is 7.11 Å². The lowest BCUT2D eigenvalue weighted by atomic mass is 9.96. The number of nitrogens with two attached hydrogens (primary N) is 1. The van der Waals surface area contributed by atoms with Gasteiger partial charge in [0.05, 0.1) is 6.10 Å².